The maximum absolute atomic E-state index is 11.9. The SMILES string of the molecule is CC1(C)[C@H]2[C@@H](O)C=C(CO[Si](C)(C)C(C)(C)C)[C@]3([C@@H](CO[Si](C)(C)C(C)(C)C)CC[C@H]13)[C@H]2O. The van der Waals surface area contributed by atoms with Gasteiger partial charge in [0.15, 0.2) is 16.6 Å². The first-order chi connectivity index (χ1) is 14.7. The summed E-state index contributed by atoms with van der Waals surface area (Å²) < 4.78 is 13.5. The number of hydrogen-bond donors (Lipinski definition) is 2. The molecule has 0 saturated heterocycles. The second-order valence-electron chi connectivity index (χ2n) is 14.9. The molecule has 0 aromatic heterocycles. The van der Waals surface area contributed by atoms with Gasteiger partial charge in [-0.15, -0.1) is 0 Å². The van der Waals surface area contributed by atoms with Crippen molar-refractivity contribution in [2.24, 2.45) is 28.6 Å². The Hall–Kier alpha value is 0.0138. The molecule has 192 valence electrons. The van der Waals surface area contributed by atoms with E-state index in [4.69, 9.17) is 8.85 Å². The van der Waals surface area contributed by atoms with E-state index in [9.17, 15) is 10.2 Å². The summed E-state index contributed by atoms with van der Waals surface area (Å²) in [6.07, 6.45) is 3.05. The second-order valence-corrected chi connectivity index (χ2v) is 24.5. The van der Waals surface area contributed by atoms with Crippen molar-refractivity contribution in [1.29, 1.82) is 0 Å². The fraction of sp³-hybridized carbons (Fsp3) is 0.926. The Kier molecular flexibility index (Phi) is 6.92. The molecule has 0 amide bonds. The van der Waals surface area contributed by atoms with Gasteiger partial charge >= 0.3 is 0 Å². The molecule has 3 rings (SSSR count). The Balaban J connectivity index is 1.98. The Morgan fingerprint density at radius 3 is 1.94 bits per heavy atom. The average Bonchev–Trinajstić information content (AvgIpc) is 3.06. The molecular formula is C27H52O4Si2. The van der Waals surface area contributed by atoms with Gasteiger partial charge in [-0.05, 0) is 71.9 Å². The molecule has 3 aliphatic rings. The third-order valence-corrected chi connectivity index (χ3v) is 19.8. The zero-order valence-electron chi connectivity index (χ0n) is 23.5. The maximum atomic E-state index is 11.9. The number of aliphatic hydroxyl groups is 2. The molecule has 2 N–H and O–H groups in total. The van der Waals surface area contributed by atoms with Gasteiger partial charge in [-0.25, -0.2) is 0 Å². The lowest BCUT2D eigenvalue weighted by Crippen LogP contribution is -2.52. The molecule has 2 saturated carbocycles. The van der Waals surface area contributed by atoms with Crippen LogP contribution in [0, 0.1) is 28.6 Å². The van der Waals surface area contributed by atoms with Crippen molar-refractivity contribution in [3.8, 4) is 0 Å². The van der Waals surface area contributed by atoms with Crippen LogP contribution in [-0.4, -0.2) is 52.3 Å². The highest BCUT2D eigenvalue weighted by Crippen LogP contribution is 2.72. The minimum absolute atomic E-state index is 0.120. The van der Waals surface area contributed by atoms with Crippen LogP contribution in [0.3, 0.4) is 0 Å². The van der Waals surface area contributed by atoms with Gasteiger partial charge in [-0.3, -0.25) is 0 Å². The van der Waals surface area contributed by atoms with E-state index in [0.29, 0.717) is 19.1 Å². The summed E-state index contributed by atoms with van der Waals surface area (Å²) in [5.74, 6) is 0.469. The highest BCUT2D eigenvalue weighted by molar-refractivity contribution is 6.74. The highest BCUT2D eigenvalue weighted by Gasteiger charge is 2.72. The van der Waals surface area contributed by atoms with E-state index in [1.54, 1.807) is 0 Å². The zero-order chi connectivity index (χ0) is 25.4. The Labute approximate surface area is 205 Å². The maximum Gasteiger partial charge on any atom is 0.192 e. The van der Waals surface area contributed by atoms with Crippen LogP contribution < -0.4 is 0 Å². The van der Waals surface area contributed by atoms with Crippen LogP contribution in [0.1, 0.15) is 68.2 Å². The van der Waals surface area contributed by atoms with E-state index in [1.165, 1.54) is 0 Å². The molecular weight excluding hydrogens is 444 g/mol. The van der Waals surface area contributed by atoms with Crippen molar-refractivity contribution in [3.05, 3.63) is 11.6 Å². The minimum Gasteiger partial charge on any atom is -0.417 e. The van der Waals surface area contributed by atoms with Crippen molar-refractivity contribution in [2.45, 2.75) is 117 Å². The van der Waals surface area contributed by atoms with Gasteiger partial charge in [0, 0.05) is 17.9 Å². The lowest BCUT2D eigenvalue weighted by atomic mass is 9.63. The van der Waals surface area contributed by atoms with E-state index in [2.05, 4.69) is 87.7 Å². The van der Waals surface area contributed by atoms with Gasteiger partial charge in [-0.1, -0.05) is 61.5 Å². The summed E-state index contributed by atoms with van der Waals surface area (Å²) in [5, 5.41) is 23.3. The van der Waals surface area contributed by atoms with E-state index in [-0.39, 0.29) is 32.7 Å². The Morgan fingerprint density at radius 1 is 0.909 bits per heavy atom. The number of hydrogen-bond acceptors (Lipinski definition) is 4. The third kappa shape index (κ3) is 4.18. The molecule has 0 aliphatic heterocycles. The summed E-state index contributed by atoms with van der Waals surface area (Å²) >= 11 is 0. The van der Waals surface area contributed by atoms with Crippen LogP contribution in [0.2, 0.25) is 36.3 Å². The molecule has 0 heterocycles. The largest absolute Gasteiger partial charge is 0.417 e. The minimum atomic E-state index is -1.97. The molecule has 33 heavy (non-hydrogen) atoms. The van der Waals surface area contributed by atoms with Crippen LogP contribution in [0.15, 0.2) is 11.6 Å². The molecule has 6 atom stereocenters. The lowest BCUT2D eigenvalue weighted by molar-refractivity contribution is -0.0520. The highest BCUT2D eigenvalue weighted by atomic mass is 28.4. The van der Waals surface area contributed by atoms with Crippen molar-refractivity contribution >= 4 is 16.6 Å². The van der Waals surface area contributed by atoms with Gasteiger partial charge in [0.25, 0.3) is 0 Å². The molecule has 2 bridgehead atoms. The van der Waals surface area contributed by atoms with Crippen LogP contribution in [0.5, 0.6) is 0 Å². The number of fused-ring (bicyclic) bond motifs is 1. The molecule has 4 nitrogen and oxygen atoms in total. The predicted molar refractivity (Wildman–Crippen MR) is 142 cm³/mol. The molecule has 3 aliphatic carbocycles. The van der Waals surface area contributed by atoms with E-state index in [0.717, 1.165) is 18.4 Å². The predicted octanol–water partition coefficient (Wildman–Crippen LogP) is 6.36. The third-order valence-electron chi connectivity index (χ3n) is 10.8. The molecule has 6 heteroatoms. The topological polar surface area (TPSA) is 58.9 Å². The molecule has 1 spiro atoms. The Bertz CT molecular complexity index is 774. The molecule has 0 radical (unpaired) electrons. The summed E-state index contributed by atoms with van der Waals surface area (Å²) in [4.78, 5) is 0. The van der Waals surface area contributed by atoms with Crippen molar-refractivity contribution in [2.75, 3.05) is 13.2 Å². The van der Waals surface area contributed by atoms with Crippen molar-refractivity contribution in [1.82, 2.24) is 0 Å². The molecule has 0 aromatic rings. The van der Waals surface area contributed by atoms with Gasteiger partial charge in [0.1, 0.15) is 0 Å². The standard InChI is InChI=1S/C27H52O4Si2/c1-24(2,3)32(9,10)30-16-18-13-14-21-26(7,8)22-20(28)15-19(27(18,21)23(22)29)17-31-33(11,12)25(4,5)6/h15,18,20-23,28-29H,13-14,16-17H2,1-12H3/t18-,20+,21-,22+,23+,27+/m1/s1. The zero-order valence-corrected chi connectivity index (χ0v) is 25.5. The monoisotopic (exact) mass is 496 g/mol. The Morgan fingerprint density at radius 2 is 1.42 bits per heavy atom. The van der Waals surface area contributed by atoms with E-state index < -0.39 is 28.8 Å². The smallest absolute Gasteiger partial charge is 0.192 e. The van der Waals surface area contributed by atoms with Gasteiger partial charge in [0.05, 0.1) is 18.8 Å². The van der Waals surface area contributed by atoms with Crippen LogP contribution in [0.4, 0.5) is 0 Å². The van der Waals surface area contributed by atoms with Gasteiger partial charge < -0.3 is 19.1 Å². The summed E-state index contributed by atoms with van der Waals surface area (Å²) in [6.45, 7) is 28.6. The average molecular weight is 497 g/mol. The number of aliphatic hydroxyl groups excluding tert-OH is 2. The fourth-order valence-corrected chi connectivity index (χ4v) is 8.65. The lowest BCUT2D eigenvalue weighted by Gasteiger charge is -2.47. The van der Waals surface area contributed by atoms with Crippen molar-refractivity contribution in [3.63, 3.8) is 0 Å². The first kappa shape index (κ1) is 27.6. The van der Waals surface area contributed by atoms with E-state index >= 15 is 0 Å². The summed E-state index contributed by atoms with van der Waals surface area (Å²) in [5.41, 5.74) is 0.665. The fourth-order valence-electron chi connectivity index (χ4n) is 6.65. The first-order valence-corrected chi connectivity index (χ1v) is 18.9. The number of rotatable bonds is 6. The van der Waals surface area contributed by atoms with E-state index in [1.807, 2.05) is 0 Å². The second kappa shape index (κ2) is 8.27. The first-order valence-electron chi connectivity index (χ1n) is 13.1. The summed E-state index contributed by atoms with van der Waals surface area (Å²) in [6, 6.07) is 0. The van der Waals surface area contributed by atoms with Crippen LogP contribution >= 0.6 is 0 Å². The summed E-state index contributed by atoms with van der Waals surface area (Å²) in [7, 11) is -3.87. The van der Waals surface area contributed by atoms with Crippen LogP contribution in [0.25, 0.3) is 0 Å². The quantitative estimate of drug-likeness (QED) is 0.332. The van der Waals surface area contributed by atoms with Crippen LogP contribution in [-0.2, 0) is 8.85 Å². The molecule has 2 fully saturated rings. The van der Waals surface area contributed by atoms with Crippen molar-refractivity contribution < 1.29 is 19.1 Å². The van der Waals surface area contributed by atoms with Gasteiger partial charge in [0.2, 0.25) is 0 Å². The molecule has 0 aromatic carbocycles. The van der Waals surface area contributed by atoms with Gasteiger partial charge in [-0.2, -0.15) is 0 Å². The normalized spacial score (nSPS) is 36.7. The molecule has 0 unspecified atom stereocenters.